The van der Waals surface area contributed by atoms with Crippen molar-refractivity contribution in [3.8, 4) is 0 Å². The first-order chi connectivity index (χ1) is 11.0. The molecule has 3 rings (SSSR count). The summed E-state index contributed by atoms with van der Waals surface area (Å²) in [6.07, 6.45) is 5.42. The van der Waals surface area contributed by atoms with Crippen molar-refractivity contribution in [3.05, 3.63) is 12.4 Å². The van der Waals surface area contributed by atoms with Crippen LogP contribution in [0.25, 0.3) is 0 Å². The van der Waals surface area contributed by atoms with Crippen LogP contribution in [0.2, 0.25) is 0 Å². The third-order valence-electron chi connectivity index (χ3n) is 4.34. The average molecular weight is 342 g/mol. The van der Waals surface area contributed by atoms with Crippen LogP contribution in [0.15, 0.2) is 17.3 Å². The average Bonchev–Trinajstić information content (AvgIpc) is 3.19. The Morgan fingerprint density at radius 3 is 2.65 bits per heavy atom. The van der Waals surface area contributed by atoms with Gasteiger partial charge in [-0.3, -0.25) is 9.48 Å². The Kier molecular flexibility index (Phi) is 4.69. The van der Waals surface area contributed by atoms with Crippen molar-refractivity contribution >= 4 is 15.9 Å². The number of aryl methyl sites for hydroxylation is 1. The van der Waals surface area contributed by atoms with Crippen LogP contribution in [0.1, 0.15) is 25.7 Å². The number of amides is 1. The van der Waals surface area contributed by atoms with Crippen LogP contribution in [0.5, 0.6) is 0 Å². The maximum absolute atomic E-state index is 12.5. The van der Waals surface area contributed by atoms with Crippen LogP contribution in [0, 0.1) is 0 Å². The molecule has 1 N–H and O–H groups in total. The molecular weight excluding hydrogens is 320 g/mol. The van der Waals surface area contributed by atoms with Gasteiger partial charge in [0.05, 0.1) is 6.20 Å². The first-order valence-electron chi connectivity index (χ1n) is 7.87. The van der Waals surface area contributed by atoms with Crippen molar-refractivity contribution in [2.45, 2.75) is 42.7 Å². The third kappa shape index (κ3) is 3.56. The lowest BCUT2D eigenvalue weighted by atomic mass is 10.1. The molecular formula is C14H22N4O4S. The molecule has 9 heteroatoms. The predicted octanol–water partition coefficient (Wildman–Crippen LogP) is -0.132. The van der Waals surface area contributed by atoms with Crippen molar-refractivity contribution in [2.75, 3.05) is 19.7 Å². The van der Waals surface area contributed by atoms with Crippen LogP contribution in [0.4, 0.5) is 0 Å². The molecule has 128 valence electrons. The molecule has 2 aliphatic rings. The molecule has 23 heavy (non-hydrogen) atoms. The standard InChI is InChI=1S/C14H22N4O4S/c1-17-10-12(9-15-17)23(20,21)18-6-4-11(5-7-18)16-14(19)13-3-2-8-22-13/h9-11,13H,2-8H2,1H3,(H,16,19). The zero-order valence-electron chi connectivity index (χ0n) is 13.1. The normalized spacial score (nSPS) is 24.0. The molecule has 3 heterocycles. The van der Waals surface area contributed by atoms with E-state index in [1.54, 1.807) is 7.05 Å². The van der Waals surface area contributed by atoms with E-state index in [0.717, 1.165) is 12.8 Å². The van der Waals surface area contributed by atoms with Crippen molar-refractivity contribution < 1.29 is 17.9 Å². The lowest BCUT2D eigenvalue weighted by Crippen LogP contribution is -2.48. The smallest absolute Gasteiger partial charge is 0.249 e. The van der Waals surface area contributed by atoms with Gasteiger partial charge in [-0.05, 0) is 25.7 Å². The number of ether oxygens (including phenoxy) is 1. The van der Waals surface area contributed by atoms with Crippen LogP contribution in [-0.2, 0) is 26.6 Å². The van der Waals surface area contributed by atoms with Gasteiger partial charge in [-0.2, -0.15) is 9.40 Å². The Hall–Kier alpha value is -1.45. The lowest BCUT2D eigenvalue weighted by molar-refractivity contribution is -0.131. The molecule has 1 aromatic rings. The number of aromatic nitrogens is 2. The summed E-state index contributed by atoms with van der Waals surface area (Å²) in [6.45, 7) is 1.43. The molecule has 0 radical (unpaired) electrons. The minimum Gasteiger partial charge on any atom is -0.368 e. The zero-order valence-corrected chi connectivity index (χ0v) is 14.0. The summed E-state index contributed by atoms with van der Waals surface area (Å²) in [4.78, 5) is 12.2. The van der Waals surface area contributed by atoms with E-state index >= 15 is 0 Å². The van der Waals surface area contributed by atoms with Gasteiger partial charge >= 0.3 is 0 Å². The van der Waals surface area contributed by atoms with E-state index in [2.05, 4.69) is 10.4 Å². The van der Waals surface area contributed by atoms with Crippen molar-refractivity contribution in [3.63, 3.8) is 0 Å². The number of rotatable bonds is 4. The first kappa shape index (κ1) is 16.4. The van der Waals surface area contributed by atoms with Crippen LogP contribution in [0.3, 0.4) is 0 Å². The Balaban J connectivity index is 1.55. The number of hydrogen-bond acceptors (Lipinski definition) is 5. The van der Waals surface area contributed by atoms with E-state index in [9.17, 15) is 13.2 Å². The highest BCUT2D eigenvalue weighted by atomic mass is 32.2. The number of piperidine rings is 1. The van der Waals surface area contributed by atoms with Crippen LogP contribution >= 0.6 is 0 Å². The fourth-order valence-corrected chi connectivity index (χ4v) is 4.46. The highest BCUT2D eigenvalue weighted by molar-refractivity contribution is 7.89. The Labute approximate surface area is 135 Å². The second-order valence-electron chi connectivity index (χ2n) is 6.04. The Bertz CT molecular complexity index is 658. The maximum Gasteiger partial charge on any atom is 0.249 e. The second kappa shape index (κ2) is 6.58. The summed E-state index contributed by atoms with van der Waals surface area (Å²) in [5, 5.41) is 6.89. The molecule has 1 unspecified atom stereocenters. The van der Waals surface area contributed by atoms with Crippen LogP contribution in [-0.4, -0.2) is 60.3 Å². The lowest BCUT2D eigenvalue weighted by Gasteiger charge is -2.31. The molecule has 2 aliphatic heterocycles. The number of carbonyl (C=O) groups excluding carboxylic acids is 1. The molecule has 0 aliphatic carbocycles. The highest BCUT2D eigenvalue weighted by Crippen LogP contribution is 2.21. The van der Waals surface area contributed by atoms with Crippen molar-refractivity contribution in [1.82, 2.24) is 19.4 Å². The molecule has 2 fully saturated rings. The van der Waals surface area contributed by atoms with Gasteiger partial charge < -0.3 is 10.1 Å². The largest absolute Gasteiger partial charge is 0.368 e. The Morgan fingerprint density at radius 2 is 2.09 bits per heavy atom. The molecule has 0 bridgehead atoms. The van der Waals surface area contributed by atoms with Gasteiger partial charge in [0.25, 0.3) is 0 Å². The van der Waals surface area contributed by atoms with Gasteiger partial charge in [0.15, 0.2) is 0 Å². The van der Waals surface area contributed by atoms with Gasteiger partial charge in [-0.25, -0.2) is 8.42 Å². The number of sulfonamides is 1. The quantitative estimate of drug-likeness (QED) is 0.823. The molecule has 0 spiro atoms. The molecule has 2 saturated heterocycles. The summed E-state index contributed by atoms with van der Waals surface area (Å²) in [6, 6.07) is 0.00653. The zero-order chi connectivity index (χ0) is 16.4. The third-order valence-corrected chi connectivity index (χ3v) is 6.19. The fourth-order valence-electron chi connectivity index (χ4n) is 3.00. The first-order valence-corrected chi connectivity index (χ1v) is 9.31. The summed E-state index contributed by atoms with van der Waals surface area (Å²) in [5.41, 5.74) is 0. The van der Waals surface area contributed by atoms with Crippen LogP contribution < -0.4 is 5.32 Å². The molecule has 8 nitrogen and oxygen atoms in total. The molecule has 0 aromatic carbocycles. The van der Waals surface area contributed by atoms with E-state index in [1.807, 2.05) is 0 Å². The summed E-state index contributed by atoms with van der Waals surface area (Å²) >= 11 is 0. The fraction of sp³-hybridized carbons (Fsp3) is 0.714. The van der Waals surface area contributed by atoms with Gasteiger partial charge in [0.2, 0.25) is 15.9 Å². The van der Waals surface area contributed by atoms with Gasteiger partial charge in [0.1, 0.15) is 11.0 Å². The number of carbonyl (C=O) groups is 1. The number of hydrogen-bond donors (Lipinski definition) is 1. The molecule has 1 amide bonds. The second-order valence-corrected chi connectivity index (χ2v) is 7.98. The minimum atomic E-state index is -3.50. The maximum atomic E-state index is 12.5. The summed E-state index contributed by atoms with van der Waals surface area (Å²) < 4.78 is 33.3. The van der Waals surface area contributed by atoms with Gasteiger partial charge in [-0.1, -0.05) is 0 Å². The van der Waals surface area contributed by atoms with E-state index < -0.39 is 10.0 Å². The molecule has 1 atom stereocenters. The van der Waals surface area contributed by atoms with Gasteiger partial charge in [-0.15, -0.1) is 0 Å². The number of nitrogens with zero attached hydrogens (tertiary/aromatic N) is 3. The van der Waals surface area contributed by atoms with Crippen molar-refractivity contribution in [2.24, 2.45) is 7.05 Å². The van der Waals surface area contributed by atoms with E-state index in [-0.39, 0.29) is 22.9 Å². The highest BCUT2D eigenvalue weighted by Gasteiger charge is 2.32. The van der Waals surface area contributed by atoms with E-state index in [0.29, 0.717) is 32.5 Å². The van der Waals surface area contributed by atoms with Crippen molar-refractivity contribution in [1.29, 1.82) is 0 Å². The predicted molar refractivity (Wildman–Crippen MR) is 82.1 cm³/mol. The monoisotopic (exact) mass is 342 g/mol. The molecule has 0 saturated carbocycles. The summed E-state index contributed by atoms with van der Waals surface area (Å²) in [7, 11) is -1.81. The summed E-state index contributed by atoms with van der Waals surface area (Å²) in [5.74, 6) is -0.0731. The molecule has 1 aromatic heterocycles. The van der Waals surface area contributed by atoms with E-state index in [1.165, 1.54) is 21.4 Å². The topological polar surface area (TPSA) is 93.5 Å². The Morgan fingerprint density at radius 1 is 1.35 bits per heavy atom. The minimum absolute atomic E-state index is 0.00653. The SMILES string of the molecule is Cn1cc(S(=O)(=O)N2CCC(NC(=O)C3CCCO3)CC2)cn1. The number of nitrogens with one attached hydrogen (secondary N) is 1. The van der Waals surface area contributed by atoms with E-state index in [4.69, 9.17) is 4.74 Å². The van der Waals surface area contributed by atoms with Gasteiger partial charge in [0, 0.05) is 39.0 Å².